The van der Waals surface area contributed by atoms with Crippen molar-refractivity contribution in [1.82, 2.24) is 10.3 Å². The summed E-state index contributed by atoms with van der Waals surface area (Å²) < 4.78 is 5.42. The fourth-order valence-corrected chi connectivity index (χ4v) is 2.64. The summed E-state index contributed by atoms with van der Waals surface area (Å²) in [5.41, 5.74) is 0.570. The highest BCUT2D eigenvalue weighted by Crippen LogP contribution is 2.16. The molecule has 1 aromatic heterocycles. The van der Waals surface area contributed by atoms with Gasteiger partial charge >= 0.3 is 6.03 Å². The van der Waals surface area contributed by atoms with Gasteiger partial charge in [0.2, 0.25) is 5.43 Å². The van der Waals surface area contributed by atoms with Gasteiger partial charge in [-0.25, -0.2) is 4.79 Å². The van der Waals surface area contributed by atoms with Crippen molar-refractivity contribution in [2.24, 2.45) is 0 Å². The number of aromatic amines is 1. The maximum atomic E-state index is 12.3. The lowest BCUT2D eigenvalue weighted by molar-refractivity contribution is 0.112. The Balaban J connectivity index is 1.70. The van der Waals surface area contributed by atoms with Crippen molar-refractivity contribution in [3.63, 3.8) is 0 Å². The number of fused-ring (bicyclic) bond motifs is 1. The molecule has 0 bridgehead atoms. The van der Waals surface area contributed by atoms with Gasteiger partial charge < -0.3 is 20.4 Å². The first-order valence-corrected chi connectivity index (χ1v) is 7.49. The first kappa shape index (κ1) is 14.9. The highest BCUT2D eigenvalue weighted by atomic mass is 35.5. The van der Waals surface area contributed by atoms with Gasteiger partial charge in [-0.2, -0.15) is 0 Å². The van der Waals surface area contributed by atoms with E-state index in [1.807, 2.05) is 0 Å². The van der Waals surface area contributed by atoms with Crippen molar-refractivity contribution in [3.8, 4) is 0 Å². The van der Waals surface area contributed by atoms with Crippen LogP contribution >= 0.6 is 11.6 Å². The van der Waals surface area contributed by atoms with Crippen molar-refractivity contribution < 1.29 is 9.53 Å². The third-order valence-electron chi connectivity index (χ3n) is 3.61. The van der Waals surface area contributed by atoms with Crippen molar-refractivity contribution in [3.05, 3.63) is 39.6 Å². The van der Waals surface area contributed by atoms with Gasteiger partial charge in [-0.15, -0.1) is 0 Å². The molecule has 0 spiro atoms. The van der Waals surface area contributed by atoms with E-state index in [2.05, 4.69) is 15.6 Å². The molecule has 1 aliphatic heterocycles. The number of halogens is 1. The lowest BCUT2D eigenvalue weighted by Gasteiger charge is -2.11. The Morgan fingerprint density at radius 1 is 1.45 bits per heavy atom. The van der Waals surface area contributed by atoms with Crippen molar-refractivity contribution in [2.45, 2.75) is 18.9 Å². The Hall–Kier alpha value is -2.05. The zero-order chi connectivity index (χ0) is 15.5. The Bertz CT molecular complexity index is 753. The molecular weight excluding hydrogens is 306 g/mol. The molecule has 2 heterocycles. The second-order valence-electron chi connectivity index (χ2n) is 5.19. The van der Waals surface area contributed by atoms with Crippen LogP contribution in [-0.2, 0) is 4.74 Å². The van der Waals surface area contributed by atoms with Gasteiger partial charge in [-0.1, -0.05) is 11.6 Å². The van der Waals surface area contributed by atoms with Gasteiger partial charge in [-0.3, -0.25) is 4.79 Å². The number of urea groups is 1. The Morgan fingerprint density at radius 3 is 3.09 bits per heavy atom. The van der Waals surface area contributed by atoms with E-state index in [1.165, 1.54) is 6.20 Å². The first-order chi connectivity index (χ1) is 10.6. The molecular formula is C15H16ClN3O3. The second-order valence-corrected chi connectivity index (χ2v) is 5.63. The van der Waals surface area contributed by atoms with Crippen LogP contribution < -0.4 is 16.1 Å². The molecule has 7 heteroatoms. The lowest BCUT2D eigenvalue weighted by Crippen LogP contribution is -2.36. The molecule has 2 amide bonds. The molecule has 2 aromatic rings. The summed E-state index contributed by atoms with van der Waals surface area (Å²) >= 11 is 5.88. The van der Waals surface area contributed by atoms with Crippen LogP contribution in [0.2, 0.25) is 5.02 Å². The van der Waals surface area contributed by atoms with E-state index in [0.717, 1.165) is 19.4 Å². The third kappa shape index (κ3) is 3.23. The normalized spacial score (nSPS) is 17.6. The van der Waals surface area contributed by atoms with Crippen LogP contribution in [0.3, 0.4) is 0 Å². The molecule has 0 radical (unpaired) electrons. The average Bonchev–Trinajstić information content (AvgIpc) is 3.01. The lowest BCUT2D eigenvalue weighted by atomic mass is 10.2. The molecule has 0 saturated carbocycles. The monoisotopic (exact) mass is 321 g/mol. The third-order valence-corrected chi connectivity index (χ3v) is 3.84. The average molecular weight is 322 g/mol. The van der Waals surface area contributed by atoms with E-state index < -0.39 is 6.03 Å². The predicted molar refractivity (Wildman–Crippen MR) is 85.6 cm³/mol. The van der Waals surface area contributed by atoms with Crippen molar-refractivity contribution in [2.75, 3.05) is 18.5 Å². The molecule has 0 aliphatic carbocycles. The number of carbonyl (C=O) groups excluding carboxylic acids is 1. The summed E-state index contributed by atoms with van der Waals surface area (Å²) in [5.74, 6) is 0. The number of anilines is 1. The summed E-state index contributed by atoms with van der Waals surface area (Å²) in [7, 11) is 0. The van der Waals surface area contributed by atoms with Gasteiger partial charge in [0.05, 0.1) is 11.6 Å². The number of pyridine rings is 1. The number of H-pyrrole nitrogens is 1. The minimum atomic E-state index is -0.422. The number of nitrogens with one attached hydrogen (secondary N) is 3. The van der Waals surface area contributed by atoms with Gasteiger partial charge in [0.15, 0.2) is 0 Å². The minimum Gasteiger partial charge on any atom is -0.376 e. The largest absolute Gasteiger partial charge is 0.376 e. The van der Waals surface area contributed by atoms with Crippen LogP contribution in [0.1, 0.15) is 12.8 Å². The summed E-state index contributed by atoms with van der Waals surface area (Å²) in [6, 6.07) is 4.51. The van der Waals surface area contributed by atoms with Crippen LogP contribution in [0, 0.1) is 0 Å². The number of hydrogen-bond donors (Lipinski definition) is 3. The van der Waals surface area contributed by atoms with Crippen molar-refractivity contribution in [1.29, 1.82) is 0 Å². The zero-order valence-corrected chi connectivity index (χ0v) is 12.6. The molecule has 1 unspecified atom stereocenters. The summed E-state index contributed by atoms with van der Waals surface area (Å²) in [4.78, 5) is 27.1. The van der Waals surface area contributed by atoms with Gasteiger partial charge in [0.25, 0.3) is 0 Å². The quantitative estimate of drug-likeness (QED) is 0.812. The molecule has 3 N–H and O–H groups in total. The number of amides is 2. The van der Waals surface area contributed by atoms with Crippen LogP contribution in [0.25, 0.3) is 10.9 Å². The van der Waals surface area contributed by atoms with E-state index in [1.54, 1.807) is 18.2 Å². The number of carbonyl (C=O) groups is 1. The molecule has 1 aliphatic rings. The van der Waals surface area contributed by atoms with E-state index in [-0.39, 0.29) is 17.2 Å². The molecule has 3 rings (SSSR count). The molecule has 1 atom stereocenters. The van der Waals surface area contributed by atoms with Crippen LogP contribution in [0.5, 0.6) is 0 Å². The molecule has 116 valence electrons. The maximum Gasteiger partial charge on any atom is 0.319 e. The first-order valence-electron chi connectivity index (χ1n) is 7.11. The zero-order valence-electron chi connectivity index (χ0n) is 11.8. The molecule has 22 heavy (non-hydrogen) atoms. The summed E-state index contributed by atoms with van der Waals surface area (Å²) in [6.45, 7) is 1.17. The number of benzene rings is 1. The molecule has 6 nitrogen and oxygen atoms in total. The molecule has 1 fully saturated rings. The number of ether oxygens (including phenoxy) is 1. The fourth-order valence-electron chi connectivity index (χ4n) is 2.47. The SMILES string of the molecule is O=C(NCC1CCCO1)Nc1c[nH]c2cc(Cl)ccc2c1=O. The maximum absolute atomic E-state index is 12.3. The van der Waals surface area contributed by atoms with Gasteiger partial charge in [-0.05, 0) is 31.0 Å². The predicted octanol–water partition coefficient (Wildman–Crippen LogP) is 2.48. The second kappa shape index (κ2) is 6.37. The topological polar surface area (TPSA) is 83.2 Å². The van der Waals surface area contributed by atoms with Gasteiger partial charge in [0.1, 0.15) is 5.69 Å². The van der Waals surface area contributed by atoms with Crippen LogP contribution in [0.15, 0.2) is 29.2 Å². The van der Waals surface area contributed by atoms with Gasteiger partial charge in [0, 0.05) is 29.8 Å². The van der Waals surface area contributed by atoms with Crippen LogP contribution in [-0.4, -0.2) is 30.3 Å². The smallest absolute Gasteiger partial charge is 0.319 e. The highest BCUT2D eigenvalue weighted by molar-refractivity contribution is 6.31. The van der Waals surface area contributed by atoms with E-state index in [9.17, 15) is 9.59 Å². The Kier molecular flexibility index (Phi) is 4.31. The fraction of sp³-hybridized carbons (Fsp3) is 0.333. The number of hydrogen-bond acceptors (Lipinski definition) is 3. The molecule has 1 saturated heterocycles. The minimum absolute atomic E-state index is 0.0581. The number of aromatic nitrogens is 1. The van der Waals surface area contributed by atoms with Crippen molar-refractivity contribution >= 4 is 34.2 Å². The molecule has 1 aromatic carbocycles. The van der Waals surface area contributed by atoms with E-state index in [4.69, 9.17) is 16.3 Å². The van der Waals surface area contributed by atoms with E-state index in [0.29, 0.717) is 22.5 Å². The van der Waals surface area contributed by atoms with E-state index >= 15 is 0 Å². The standard InChI is InChI=1S/C15H16ClN3O3/c16-9-3-4-11-12(6-9)17-8-13(14(11)20)19-15(21)18-7-10-2-1-5-22-10/h3-4,6,8,10H,1-2,5,7H2,(H,17,20)(H2,18,19,21). The summed E-state index contributed by atoms with van der Waals surface area (Å²) in [6.07, 6.45) is 3.48. The summed E-state index contributed by atoms with van der Waals surface area (Å²) in [5, 5.41) is 6.28. The highest BCUT2D eigenvalue weighted by Gasteiger charge is 2.16. The Morgan fingerprint density at radius 2 is 2.32 bits per heavy atom. The number of rotatable bonds is 3. The Labute approximate surface area is 131 Å². The van der Waals surface area contributed by atoms with Crippen LogP contribution in [0.4, 0.5) is 10.5 Å².